The first-order valence-electron chi connectivity index (χ1n) is 5.40. The lowest BCUT2D eigenvalue weighted by molar-refractivity contribution is 0.163. The summed E-state index contributed by atoms with van der Waals surface area (Å²) in [4.78, 5) is 13.7. The average Bonchev–Trinajstić information content (AvgIpc) is 2.66. The highest BCUT2D eigenvalue weighted by Gasteiger charge is 2.34. The SMILES string of the molecule is CSC1CCCC1N1CCCNC1=O. The lowest BCUT2D eigenvalue weighted by Crippen LogP contribution is -2.52. The highest BCUT2D eigenvalue weighted by Crippen LogP contribution is 2.32. The third kappa shape index (κ3) is 1.85. The van der Waals surface area contributed by atoms with Crippen LogP contribution in [0.4, 0.5) is 4.79 Å². The molecule has 80 valence electrons. The summed E-state index contributed by atoms with van der Waals surface area (Å²) in [6.07, 6.45) is 7.00. The lowest BCUT2D eigenvalue weighted by atomic mass is 10.2. The maximum atomic E-state index is 11.6. The lowest BCUT2D eigenvalue weighted by Gasteiger charge is -2.35. The molecule has 4 heteroatoms. The Bertz CT molecular complexity index is 222. The van der Waals surface area contributed by atoms with Crippen molar-refractivity contribution in [3.8, 4) is 0 Å². The summed E-state index contributed by atoms with van der Waals surface area (Å²) in [5.74, 6) is 0. The van der Waals surface area contributed by atoms with Gasteiger partial charge in [-0.3, -0.25) is 0 Å². The smallest absolute Gasteiger partial charge is 0.317 e. The van der Waals surface area contributed by atoms with E-state index in [0.29, 0.717) is 11.3 Å². The monoisotopic (exact) mass is 214 g/mol. The third-order valence-corrected chi connectivity index (χ3v) is 4.39. The van der Waals surface area contributed by atoms with Crippen molar-refractivity contribution in [3.05, 3.63) is 0 Å². The van der Waals surface area contributed by atoms with Crippen LogP contribution in [0.25, 0.3) is 0 Å². The number of hydrogen-bond donors (Lipinski definition) is 1. The maximum Gasteiger partial charge on any atom is 0.317 e. The fourth-order valence-electron chi connectivity index (χ4n) is 2.50. The van der Waals surface area contributed by atoms with Crippen LogP contribution in [0, 0.1) is 0 Å². The minimum atomic E-state index is 0.155. The molecule has 0 aromatic carbocycles. The first kappa shape index (κ1) is 10.1. The van der Waals surface area contributed by atoms with Crippen LogP contribution in [0.5, 0.6) is 0 Å². The van der Waals surface area contributed by atoms with Crippen LogP contribution in [0.2, 0.25) is 0 Å². The molecule has 1 N–H and O–H groups in total. The summed E-state index contributed by atoms with van der Waals surface area (Å²) in [5.41, 5.74) is 0. The number of hydrogen-bond acceptors (Lipinski definition) is 2. The second-order valence-electron chi connectivity index (χ2n) is 4.05. The number of rotatable bonds is 2. The molecule has 1 heterocycles. The topological polar surface area (TPSA) is 32.3 Å². The number of nitrogens with one attached hydrogen (secondary N) is 1. The van der Waals surface area contributed by atoms with Crippen molar-refractivity contribution in [3.63, 3.8) is 0 Å². The number of thioether (sulfide) groups is 1. The molecular weight excluding hydrogens is 196 g/mol. The molecule has 2 amide bonds. The summed E-state index contributed by atoms with van der Waals surface area (Å²) in [5, 5.41) is 3.60. The Morgan fingerprint density at radius 3 is 3.00 bits per heavy atom. The van der Waals surface area contributed by atoms with Gasteiger partial charge >= 0.3 is 6.03 Å². The van der Waals surface area contributed by atoms with E-state index in [2.05, 4.69) is 16.5 Å². The molecule has 3 nitrogen and oxygen atoms in total. The van der Waals surface area contributed by atoms with Crippen LogP contribution in [0.15, 0.2) is 0 Å². The van der Waals surface area contributed by atoms with Gasteiger partial charge in [0.25, 0.3) is 0 Å². The van der Waals surface area contributed by atoms with E-state index in [1.807, 2.05) is 11.8 Å². The molecular formula is C10H18N2OS. The molecule has 2 atom stereocenters. The van der Waals surface area contributed by atoms with E-state index >= 15 is 0 Å². The molecule has 2 rings (SSSR count). The second-order valence-corrected chi connectivity index (χ2v) is 5.13. The van der Waals surface area contributed by atoms with Crippen molar-refractivity contribution < 1.29 is 4.79 Å². The molecule has 0 spiro atoms. The predicted octanol–water partition coefficient (Wildman–Crippen LogP) is 1.69. The molecule has 2 unspecified atom stereocenters. The van der Waals surface area contributed by atoms with E-state index in [4.69, 9.17) is 0 Å². The van der Waals surface area contributed by atoms with Crippen LogP contribution in [-0.4, -0.2) is 41.6 Å². The zero-order chi connectivity index (χ0) is 9.97. The molecule has 1 saturated carbocycles. The van der Waals surface area contributed by atoms with Crippen molar-refractivity contribution in [1.29, 1.82) is 0 Å². The van der Waals surface area contributed by atoms with Crippen molar-refractivity contribution in [2.45, 2.75) is 37.0 Å². The predicted molar refractivity (Wildman–Crippen MR) is 59.7 cm³/mol. The standard InChI is InChI=1S/C10H18N2OS/c1-14-9-5-2-4-8(9)12-7-3-6-11-10(12)13/h8-9H,2-7H2,1H3,(H,11,13). The van der Waals surface area contributed by atoms with Gasteiger partial charge in [0.15, 0.2) is 0 Å². The molecule has 14 heavy (non-hydrogen) atoms. The summed E-state index contributed by atoms with van der Waals surface area (Å²) >= 11 is 1.91. The number of amides is 2. The second kappa shape index (κ2) is 4.43. The van der Waals surface area contributed by atoms with Gasteiger partial charge in [-0.2, -0.15) is 11.8 Å². The number of carbonyl (C=O) groups is 1. The van der Waals surface area contributed by atoms with Crippen molar-refractivity contribution in [1.82, 2.24) is 10.2 Å². The van der Waals surface area contributed by atoms with Gasteiger partial charge in [-0.15, -0.1) is 0 Å². The quantitative estimate of drug-likeness (QED) is 0.758. The molecule has 2 fully saturated rings. The Balaban J connectivity index is 2.01. The van der Waals surface area contributed by atoms with Crippen LogP contribution >= 0.6 is 11.8 Å². The Morgan fingerprint density at radius 2 is 2.29 bits per heavy atom. The molecule has 2 aliphatic rings. The molecule has 1 aliphatic carbocycles. The van der Waals surface area contributed by atoms with E-state index in [-0.39, 0.29) is 6.03 Å². The molecule has 1 aliphatic heterocycles. The van der Waals surface area contributed by atoms with Gasteiger partial charge in [0.1, 0.15) is 0 Å². The maximum absolute atomic E-state index is 11.6. The van der Waals surface area contributed by atoms with Gasteiger partial charge < -0.3 is 10.2 Å². The summed E-state index contributed by atoms with van der Waals surface area (Å²) in [6, 6.07) is 0.646. The number of carbonyl (C=O) groups excluding carboxylic acids is 1. The van der Waals surface area contributed by atoms with E-state index < -0.39 is 0 Å². The highest BCUT2D eigenvalue weighted by molar-refractivity contribution is 7.99. The largest absolute Gasteiger partial charge is 0.338 e. The van der Waals surface area contributed by atoms with E-state index in [9.17, 15) is 4.79 Å². The number of nitrogens with zero attached hydrogens (tertiary/aromatic N) is 1. The van der Waals surface area contributed by atoms with Crippen LogP contribution in [0.3, 0.4) is 0 Å². The third-order valence-electron chi connectivity index (χ3n) is 3.23. The summed E-state index contributed by atoms with van der Waals surface area (Å²) in [7, 11) is 0. The molecule has 1 saturated heterocycles. The van der Waals surface area contributed by atoms with Crippen molar-refractivity contribution in [2.75, 3.05) is 19.3 Å². The summed E-state index contributed by atoms with van der Waals surface area (Å²) < 4.78 is 0. The zero-order valence-corrected chi connectivity index (χ0v) is 9.48. The van der Waals surface area contributed by atoms with Gasteiger partial charge in [0, 0.05) is 24.4 Å². The van der Waals surface area contributed by atoms with E-state index in [0.717, 1.165) is 19.5 Å². The highest BCUT2D eigenvalue weighted by atomic mass is 32.2. The van der Waals surface area contributed by atoms with E-state index in [1.165, 1.54) is 19.3 Å². The van der Waals surface area contributed by atoms with Gasteiger partial charge in [-0.1, -0.05) is 6.42 Å². The van der Waals surface area contributed by atoms with Gasteiger partial charge in [-0.25, -0.2) is 4.79 Å². The minimum Gasteiger partial charge on any atom is -0.338 e. The minimum absolute atomic E-state index is 0.155. The Morgan fingerprint density at radius 1 is 1.43 bits per heavy atom. The first-order chi connectivity index (χ1) is 6.83. The van der Waals surface area contributed by atoms with Gasteiger partial charge in [0.2, 0.25) is 0 Å². The van der Waals surface area contributed by atoms with Crippen molar-refractivity contribution in [2.24, 2.45) is 0 Å². The Kier molecular flexibility index (Phi) is 3.21. The van der Waals surface area contributed by atoms with Gasteiger partial charge in [-0.05, 0) is 25.5 Å². The van der Waals surface area contributed by atoms with Crippen molar-refractivity contribution >= 4 is 17.8 Å². The molecule has 0 aromatic heterocycles. The van der Waals surface area contributed by atoms with Gasteiger partial charge in [0.05, 0.1) is 0 Å². The van der Waals surface area contributed by atoms with Crippen LogP contribution < -0.4 is 5.32 Å². The fraction of sp³-hybridized carbons (Fsp3) is 0.900. The number of urea groups is 1. The average molecular weight is 214 g/mol. The molecule has 0 radical (unpaired) electrons. The Hall–Kier alpha value is -0.380. The molecule has 0 bridgehead atoms. The van der Waals surface area contributed by atoms with Crippen LogP contribution in [-0.2, 0) is 0 Å². The van der Waals surface area contributed by atoms with Crippen LogP contribution in [0.1, 0.15) is 25.7 Å². The zero-order valence-electron chi connectivity index (χ0n) is 8.66. The first-order valence-corrected chi connectivity index (χ1v) is 6.69. The normalized spacial score (nSPS) is 33.2. The summed E-state index contributed by atoms with van der Waals surface area (Å²) in [6.45, 7) is 1.81. The molecule has 0 aromatic rings. The Labute approximate surface area is 89.6 Å². The fourth-order valence-corrected chi connectivity index (χ4v) is 3.50. The van der Waals surface area contributed by atoms with E-state index in [1.54, 1.807) is 0 Å².